The van der Waals surface area contributed by atoms with Gasteiger partial charge in [-0.3, -0.25) is 9.59 Å². The topological polar surface area (TPSA) is 95.8 Å². The van der Waals surface area contributed by atoms with Crippen molar-refractivity contribution in [3.05, 3.63) is 24.3 Å². The first-order chi connectivity index (χ1) is 10.2. The van der Waals surface area contributed by atoms with Gasteiger partial charge in [0, 0.05) is 23.9 Å². The van der Waals surface area contributed by atoms with Gasteiger partial charge >= 0.3 is 5.97 Å². The van der Waals surface area contributed by atoms with E-state index in [1.54, 1.807) is 30.5 Å². The fourth-order valence-electron chi connectivity index (χ4n) is 3.43. The maximum atomic E-state index is 12.4. The van der Waals surface area contributed by atoms with Crippen molar-refractivity contribution in [2.75, 3.05) is 18.6 Å². The second-order valence-electron chi connectivity index (χ2n) is 6.36. The number of carboxylic acids is 1. The van der Waals surface area contributed by atoms with E-state index in [1.165, 1.54) is 7.05 Å². The first-order valence-corrected chi connectivity index (χ1v) is 8.91. The van der Waals surface area contributed by atoms with Crippen molar-refractivity contribution >= 4 is 27.3 Å². The molecule has 0 saturated heterocycles. The SMILES string of the molecule is CN=S(C)(=O)c1cccc(NC(=O)C23CC(C(=O)O)(C2)C3)c1. The van der Waals surface area contributed by atoms with Crippen LogP contribution in [0, 0.1) is 10.8 Å². The van der Waals surface area contributed by atoms with Crippen molar-refractivity contribution in [3.63, 3.8) is 0 Å². The predicted molar refractivity (Wildman–Crippen MR) is 82.1 cm³/mol. The lowest BCUT2D eigenvalue weighted by Gasteiger charge is -2.66. The molecule has 0 aliphatic heterocycles. The predicted octanol–water partition coefficient (Wildman–Crippen LogP) is 1.97. The quantitative estimate of drug-likeness (QED) is 0.886. The van der Waals surface area contributed by atoms with Gasteiger partial charge in [-0.05, 0) is 37.5 Å². The first-order valence-electron chi connectivity index (χ1n) is 6.98. The van der Waals surface area contributed by atoms with E-state index in [0.717, 1.165) is 0 Å². The van der Waals surface area contributed by atoms with E-state index in [0.29, 0.717) is 29.8 Å². The summed E-state index contributed by atoms with van der Waals surface area (Å²) in [5, 5.41) is 11.9. The Balaban J connectivity index is 1.73. The number of rotatable bonds is 4. The Morgan fingerprint density at radius 1 is 1.27 bits per heavy atom. The molecule has 1 aromatic carbocycles. The average molecular weight is 322 g/mol. The van der Waals surface area contributed by atoms with Crippen LogP contribution < -0.4 is 5.32 Å². The highest BCUT2D eigenvalue weighted by Crippen LogP contribution is 2.73. The zero-order chi connectivity index (χ0) is 16.2. The van der Waals surface area contributed by atoms with Crippen molar-refractivity contribution in [2.45, 2.75) is 24.2 Å². The number of hydrogen-bond acceptors (Lipinski definition) is 4. The van der Waals surface area contributed by atoms with Gasteiger partial charge in [-0.2, -0.15) is 0 Å². The second-order valence-corrected chi connectivity index (χ2v) is 8.80. The fraction of sp³-hybridized carbons (Fsp3) is 0.467. The van der Waals surface area contributed by atoms with Gasteiger partial charge in [0.05, 0.1) is 20.6 Å². The Kier molecular flexibility index (Phi) is 3.11. The zero-order valence-corrected chi connectivity index (χ0v) is 13.3. The summed E-state index contributed by atoms with van der Waals surface area (Å²) in [7, 11) is -0.948. The number of nitrogens with zero attached hydrogens (tertiary/aromatic N) is 1. The molecule has 1 aromatic rings. The number of anilines is 1. The molecule has 3 aliphatic rings. The molecule has 1 unspecified atom stereocenters. The summed E-state index contributed by atoms with van der Waals surface area (Å²) in [6, 6.07) is 6.82. The molecule has 118 valence electrons. The van der Waals surface area contributed by atoms with Crippen LogP contribution in [0.2, 0.25) is 0 Å². The molecule has 7 heteroatoms. The zero-order valence-electron chi connectivity index (χ0n) is 12.5. The monoisotopic (exact) mass is 322 g/mol. The molecular formula is C15H18N2O4S. The Morgan fingerprint density at radius 3 is 2.45 bits per heavy atom. The minimum Gasteiger partial charge on any atom is -0.481 e. The van der Waals surface area contributed by atoms with Crippen molar-refractivity contribution in [2.24, 2.45) is 15.2 Å². The molecule has 1 amide bonds. The first kappa shape index (κ1) is 15.0. The minimum absolute atomic E-state index is 0.149. The van der Waals surface area contributed by atoms with E-state index in [4.69, 9.17) is 5.11 Å². The van der Waals surface area contributed by atoms with Gasteiger partial charge < -0.3 is 10.4 Å². The lowest BCUT2D eigenvalue weighted by atomic mass is 9.35. The van der Waals surface area contributed by atoms with Crippen molar-refractivity contribution < 1.29 is 18.9 Å². The van der Waals surface area contributed by atoms with Gasteiger partial charge in [0.15, 0.2) is 0 Å². The normalized spacial score (nSPS) is 31.2. The number of carbonyl (C=O) groups excluding carboxylic acids is 1. The van der Waals surface area contributed by atoms with Crippen LogP contribution in [0.4, 0.5) is 5.69 Å². The Morgan fingerprint density at radius 2 is 1.91 bits per heavy atom. The van der Waals surface area contributed by atoms with E-state index in [1.807, 2.05) is 0 Å². The number of benzene rings is 1. The van der Waals surface area contributed by atoms with Crippen LogP contribution in [0.5, 0.6) is 0 Å². The van der Waals surface area contributed by atoms with Crippen LogP contribution in [-0.2, 0) is 19.3 Å². The molecule has 3 saturated carbocycles. The highest BCUT2D eigenvalue weighted by Gasteiger charge is 2.75. The van der Waals surface area contributed by atoms with Crippen molar-refractivity contribution in [3.8, 4) is 0 Å². The number of carboxylic acid groups (broad SMARTS) is 1. The summed E-state index contributed by atoms with van der Waals surface area (Å²) in [5.74, 6) is -0.955. The summed E-state index contributed by atoms with van der Waals surface area (Å²) in [4.78, 5) is 24.0. The smallest absolute Gasteiger partial charge is 0.309 e. The van der Waals surface area contributed by atoms with E-state index >= 15 is 0 Å². The number of hydrogen-bond donors (Lipinski definition) is 2. The largest absolute Gasteiger partial charge is 0.481 e. The third-order valence-corrected chi connectivity index (χ3v) is 6.67. The summed E-state index contributed by atoms with van der Waals surface area (Å²) in [6.45, 7) is 0. The molecule has 3 aliphatic carbocycles. The fourth-order valence-corrected chi connectivity index (χ4v) is 4.32. The Labute approximate surface area is 129 Å². The summed E-state index contributed by atoms with van der Waals surface area (Å²) >= 11 is 0. The van der Waals surface area contributed by atoms with Gasteiger partial charge in [-0.15, -0.1) is 0 Å². The molecule has 0 radical (unpaired) electrons. The van der Waals surface area contributed by atoms with Crippen LogP contribution >= 0.6 is 0 Å². The van der Waals surface area contributed by atoms with E-state index in [9.17, 15) is 13.8 Å². The Hall–Kier alpha value is -1.89. The Bertz CT molecular complexity index is 773. The summed E-state index contributed by atoms with van der Waals surface area (Å²) < 4.78 is 16.1. The van der Waals surface area contributed by atoms with Gasteiger partial charge in [0.2, 0.25) is 5.91 Å². The molecule has 1 atom stereocenters. The van der Waals surface area contributed by atoms with Crippen molar-refractivity contribution in [1.29, 1.82) is 0 Å². The maximum Gasteiger partial charge on any atom is 0.309 e. The van der Waals surface area contributed by atoms with Crippen LogP contribution in [0.3, 0.4) is 0 Å². The van der Waals surface area contributed by atoms with Crippen LogP contribution in [-0.4, -0.2) is 34.5 Å². The van der Waals surface area contributed by atoms with Gasteiger partial charge in [0.25, 0.3) is 0 Å². The summed E-state index contributed by atoms with van der Waals surface area (Å²) in [6.07, 6.45) is 2.78. The van der Waals surface area contributed by atoms with Gasteiger partial charge in [-0.25, -0.2) is 8.57 Å². The molecule has 2 N–H and O–H groups in total. The van der Waals surface area contributed by atoms with E-state index < -0.39 is 26.5 Å². The van der Waals surface area contributed by atoms with E-state index in [-0.39, 0.29) is 5.91 Å². The minimum atomic E-state index is -2.45. The molecule has 3 fully saturated rings. The highest BCUT2D eigenvalue weighted by atomic mass is 32.2. The lowest BCUT2D eigenvalue weighted by Crippen LogP contribution is -2.69. The van der Waals surface area contributed by atoms with Crippen molar-refractivity contribution in [1.82, 2.24) is 0 Å². The van der Waals surface area contributed by atoms with Crippen LogP contribution in [0.15, 0.2) is 33.5 Å². The third-order valence-electron chi connectivity index (χ3n) is 4.84. The third kappa shape index (κ3) is 2.03. The highest BCUT2D eigenvalue weighted by molar-refractivity contribution is 7.93. The standard InChI is InChI=1S/C15H18N2O4S/c1-16-22(2,21)11-5-3-4-10(6-11)17-12(18)14-7-15(8-14,9-14)13(19)20/h3-6H,7-9H2,1-2H3,(H,17,18)(H,19,20). The van der Waals surface area contributed by atoms with E-state index in [2.05, 4.69) is 9.68 Å². The van der Waals surface area contributed by atoms with Crippen LogP contribution in [0.25, 0.3) is 0 Å². The maximum absolute atomic E-state index is 12.4. The number of carbonyl (C=O) groups is 2. The molecular weight excluding hydrogens is 304 g/mol. The molecule has 0 heterocycles. The molecule has 0 spiro atoms. The molecule has 4 rings (SSSR count). The average Bonchev–Trinajstić information content (AvgIpc) is 2.35. The molecule has 6 nitrogen and oxygen atoms in total. The molecule has 2 bridgehead atoms. The van der Waals surface area contributed by atoms with Gasteiger partial charge in [-0.1, -0.05) is 6.07 Å². The second kappa shape index (κ2) is 4.55. The number of nitrogens with one attached hydrogen (secondary N) is 1. The summed E-state index contributed by atoms with van der Waals surface area (Å²) in [5.41, 5.74) is -0.635. The molecule has 0 aromatic heterocycles. The van der Waals surface area contributed by atoms with Gasteiger partial charge in [0.1, 0.15) is 0 Å². The molecule has 22 heavy (non-hydrogen) atoms. The van der Waals surface area contributed by atoms with Crippen LogP contribution in [0.1, 0.15) is 19.3 Å². The number of aliphatic carboxylic acids is 1. The lowest BCUT2D eigenvalue weighted by molar-refractivity contribution is -0.217. The number of amides is 1.